The van der Waals surface area contributed by atoms with Crippen molar-refractivity contribution in [2.24, 2.45) is 0 Å². The van der Waals surface area contributed by atoms with Crippen LogP contribution in [0.3, 0.4) is 0 Å². The van der Waals surface area contributed by atoms with Crippen LogP contribution in [0.1, 0.15) is 46.5 Å². The Morgan fingerprint density at radius 1 is 0.800 bits per heavy atom. The maximum Gasteiger partial charge on any atom is 0.189 e. The summed E-state index contributed by atoms with van der Waals surface area (Å²) in [5.41, 5.74) is 2.66. The van der Waals surface area contributed by atoms with E-state index in [-0.39, 0.29) is 59.3 Å². The number of carbonyl (C=O) groups excluding carboxylic acids is 2. The van der Waals surface area contributed by atoms with E-state index in [9.17, 15) is 30.0 Å². The zero-order valence-corrected chi connectivity index (χ0v) is 18.3. The summed E-state index contributed by atoms with van der Waals surface area (Å²) in [6.45, 7) is 2.54. The van der Waals surface area contributed by atoms with E-state index in [2.05, 4.69) is 9.97 Å². The molecule has 2 rings (SSSR count). The number of rotatable bonds is 9. The van der Waals surface area contributed by atoms with Crippen LogP contribution in [0.15, 0.2) is 12.4 Å². The molecular formula is C20H24N2O6S2. The fraction of sp³-hybridized carbons (Fsp3) is 0.400. The summed E-state index contributed by atoms with van der Waals surface area (Å²) in [4.78, 5) is 32.3. The van der Waals surface area contributed by atoms with Gasteiger partial charge in [-0.3, -0.25) is 19.6 Å². The zero-order chi connectivity index (χ0) is 22.3. The summed E-state index contributed by atoms with van der Waals surface area (Å²) >= 11 is 2.00. The minimum atomic E-state index is -0.354. The van der Waals surface area contributed by atoms with E-state index in [4.69, 9.17) is 0 Å². The smallest absolute Gasteiger partial charge is 0.189 e. The molecule has 0 fully saturated rings. The summed E-state index contributed by atoms with van der Waals surface area (Å²) < 4.78 is 0. The number of aromatic nitrogens is 2. The predicted octanol–water partition coefficient (Wildman–Crippen LogP) is 2.49. The Morgan fingerprint density at radius 3 is 1.50 bits per heavy atom. The van der Waals surface area contributed by atoms with E-state index in [1.165, 1.54) is 12.4 Å². The molecule has 0 saturated heterocycles. The zero-order valence-electron chi connectivity index (χ0n) is 16.7. The Bertz CT molecular complexity index is 860. The predicted molar refractivity (Wildman–Crippen MR) is 115 cm³/mol. The Kier molecular flexibility index (Phi) is 9.09. The van der Waals surface area contributed by atoms with Gasteiger partial charge in [-0.2, -0.15) is 0 Å². The van der Waals surface area contributed by atoms with Crippen LogP contribution in [-0.4, -0.2) is 40.6 Å². The van der Waals surface area contributed by atoms with E-state index in [0.717, 1.165) is 23.5 Å². The number of aliphatic hydroxyl groups excluding tert-OH is 2. The molecule has 0 aliphatic rings. The van der Waals surface area contributed by atoms with Crippen LogP contribution in [0.2, 0.25) is 0 Å². The van der Waals surface area contributed by atoms with Crippen molar-refractivity contribution in [3.05, 3.63) is 46.0 Å². The summed E-state index contributed by atoms with van der Waals surface area (Å²) in [6.07, 6.45) is 3.15. The van der Waals surface area contributed by atoms with Gasteiger partial charge in [-0.25, -0.2) is 0 Å². The van der Waals surface area contributed by atoms with Gasteiger partial charge in [0.25, 0.3) is 0 Å². The highest BCUT2D eigenvalue weighted by Crippen LogP contribution is 2.29. The van der Waals surface area contributed by atoms with Crippen LogP contribution in [0.5, 0.6) is 11.5 Å². The summed E-state index contributed by atoms with van der Waals surface area (Å²) in [5, 5.41) is 38.4. The Balaban J connectivity index is 1.82. The highest BCUT2D eigenvalue weighted by molar-refractivity contribution is 8.13. The number of hydrogen-bond acceptors (Lipinski definition) is 10. The Morgan fingerprint density at radius 2 is 1.17 bits per heavy atom. The minimum absolute atomic E-state index is 0.0560. The second-order valence-electron chi connectivity index (χ2n) is 6.53. The molecule has 4 N–H and O–H groups in total. The van der Waals surface area contributed by atoms with Gasteiger partial charge in [-0.1, -0.05) is 23.5 Å². The van der Waals surface area contributed by atoms with Gasteiger partial charge in [0.15, 0.2) is 10.2 Å². The molecule has 2 aromatic rings. The van der Waals surface area contributed by atoms with E-state index < -0.39 is 0 Å². The van der Waals surface area contributed by atoms with Crippen LogP contribution in [0.25, 0.3) is 0 Å². The third kappa shape index (κ3) is 6.18. The van der Waals surface area contributed by atoms with Gasteiger partial charge in [0.1, 0.15) is 11.5 Å². The van der Waals surface area contributed by atoms with Gasteiger partial charge in [-0.05, 0) is 25.0 Å². The molecule has 0 unspecified atom stereocenters. The van der Waals surface area contributed by atoms with Crippen molar-refractivity contribution >= 4 is 33.8 Å². The maximum atomic E-state index is 12.1. The number of aromatic hydroxyl groups is 2. The minimum Gasteiger partial charge on any atom is -0.506 e. The number of aliphatic hydroxyl groups is 2. The molecule has 162 valence electrons. The van der Waals surface area contributed by atoms with Gasteiger partial charge in [0, 0.05) is 47.9 Å². The van der Waals surface area contributed by atoms with Crippen molar-refractivity contribution in [2.45, 2.75) is 51.4 Å². The Labute approximate surface area is 182 Å². The lowest BCUT2D eigenvalue weighted by Gasteiger charge is -2.10. The van der Waals surface area contributed by atoms with Crippen molar-refractivity contribution in [3.8, 4) is 11.5 Å². The summed E-state index contributed by atoms with van der Waals surface area (Å²) in [5.74, 6) is 0.331. The maximum absolute atomic E-state index is 12.1. The van der Waals surface area contributed by atoms with E-state index >= 15 is 0 Å². The van der Waals surface area contributed by atoms with Crippen molar-refractivity contribution in [1.82, 2.24) is 9.97 Å². The highest BCUT2D eigenvalue weighted by Gasteiger charge is 2.15. The standard InChI is InChI=1S/C20H24N2O6S2/c1-11-19(27)15(7-23)13(5-21-11)9-29-17(25)3-4-18(26)30-10-14-6-22-12(2)20(28)16(14)8-24/h5-6,23-24,27-28H,3-4,7-10H2,1-2H3. The molecule has 0 aliphatic heterocycles. The quantitative estimate of drug-likeness (QED) is 0.448. The lowest BCUT2D eigenvalue weighted by molar-refractivity contribution is -0.115. The lowest BCUT2D eigenvalue weighted by atomic mass is 10.1. The lowest BCUT2D eigenvalue weighted by Crippen LogP contribution is -2.02. The monoisotopic (exact) mass is 452 g/mol. The average molecular weight is 453 g/mol. The van der Waals surface area contributed by atoms with Crippen molar-refractivity contribution in [1.29, 1.82) is 0 Å². The normalized spacial score (nSPS) is 10.9. The van der Waals surface area contributed by atoms with Gasteiger partial charge < -0.3 is 20.4 Å². The topological polar surface area (TPSA) is 141 Å². The van der Waals surface area contributed by atoms with E-state index in [0.29, 0.717) is 33.6 Å². The van der Waals surface area contributed by atoms with Crippen molar-refractivity contribution in [2.75, 3.05) is 0 Å². The SMILES string of the molecule is Cc1ncc(CSC(=O)CCC(=O)SCc2cnc(C)c(O)c2CO)c(CO)c1O. The molecule has 0 spiro atoms. The fourth-order valence-electron chi connectivity index (χ4n) is 2.64. The molecule has 0 aliphatic carbocycles. The first-order chi connectivity index (χ1) is 14.3. The molecule has 10 heteroatoms. The largest absolute Gasteiger partial charge is 0.506 e. The number of carbonyl (C=O) groups is 2. The van der Waals surface area contributed by atoms with Crippen LogP contribution in [0, 0.1) is 13.8 Å². The van der Waals surface area contributed by atoms with Crippen molar-refractivity contribution in [3.63, 3.8) is 0 Å². The molecule has 0 amide bonds. The first kappa shape index (κ1) is 24.1. The van der Waals surface area contributed by atoms with Crippen LogP contribution in [0.4, 0.5) is 0 Å². The third-order valence-electron chi connectivity index (χ3n) is 4.49. The second-order valence-corrected chi connectivity index (χ2v) is 8.59. The number of pyridine rings is 2. The van der Waals surface area contributed by atoms with E-state index in [1.54, 1.807) is 13.8 Å². The first-order valence-electron chi connectivity index (χ1n) is 9.14. The van der Waals surface area contributed by atoms with Crippen LogP contribution >= 0.6 is 23.5 Å². The van der Waals surface area contributed by atoms with Gasteiger partial charge in [0.2, 0.25) is 0 Å². The summed E-state index contributed by atoms with van der Waals surface area (Å²) in [7, 11) is 0. The van der Waals surface area contributed by atoms with E-state index in [1.807, 2.05) is 0 Å². The molecule has 0 radical (unpaired) electrons. The number of nitrogens with zero attached hydrogens (tertiary/aromatic N) is 2. The fourth-order valence-corrected chi connectivity index (χ4v) is 4.26. The molecule has 0 aromatic carbocycles. The molecule has 0 atom stereocenters. The van der Waals surface area contributed by atoms with Gasteiger partial charge in [-0.15, -0.1) is 0 Å². The molecule has 2 heterocycles. The van der Waals surface area contributed by atoms with Gasteiger partial charge in [0.05, 0.1) is 24.6 Å². The molecular weight excluding hydrogens is 428 g/mol. The number of hydrogen-bond donors (Lipinski definition) is 4. The second kappa shape index (κ2) is 11.3. The molecule has 0 saturated carbocycles. The Hall–Kier alpha value is -2.14. The van der Waals surface area contributed by atoms with Crippen molar-refractivity contribution < 1.29 is 30.0 Å². The third-order valence-corrected chi connectivity index (χ3v) is 6.45. The molecule has 2 aromatic heterocycles. The van der Waals surface area contributed by atoms with Crippen LogP contribution < -0.4 is 0 Å². The summed E-state index contributed by atoms with van der Waals surface area (Å²) in [6, 6.07) is 0. The number of aryl methyl sites for hydroxylation is 2. The number of thioether (sulfide) groups is 2. The van der Waals surface area contributed by atoms with Gasteiger partial charge >= 0.3 is 0 Å². The van der Waals surface area contributed by atoms with Crippen LogP contribution in [-0.2, 0) is 34.3 Å². The molecule has 0 bridgehead atoms. The average Bonchev–Trinajstić information content (AvgIpc) is 2.73. The molecule has 30 heavy (non-hydrogen) atoms. The highest BCUT2D eigenvalue weighted by atomic mass is 32.2. The molecule has 8 nitrogen and oxygen atoms in total. The first-order valence-corrected chi connectivity index (χ1v) is 11.1.